The Morgan fingerprint density at radius 2 is 2.46 bits per heavy atom. The molecule has 1 aromatic rings. The van der Waals surface area contributed by atoms with E-state index in [1.165, 1.54) is 0 Å². The van der Waals surface area contributed by atoms with Gasteiger partial charge in [-0.05, 0) is 12.1 Å². The number of hydrogen-bond donors (Lipinski definition) is 1. The van der Waals surface area contributed by atoms with Crippen LogP contribution >= 0.6 is 0 Å². The summed E-state index contributed by atoms with van der Waals surface area (Å²) in [6, 6.07) is 5.52. The van der Waals surface area contributed by atoms with Gasteiger partial charge in [0, 0.05) is 18.4 Å². The van der Waals surface area contributed by atoms with E-state index in [2.05, 4.69) is 16.9 Å². The Hall–Kier alpha value is -1.64. The Labute approximate surface area is 77.5 Å². The summed E-state index contributed by atoms with van der Waals surface area (Å²) >= 11 is 0. The summed E-state index contributed by atoms with van der Waals surface area (Å²) < 4.78 is 0. The van der Waals surface area contributed by atoms with Crippen LogP contribution in [0.15, 0.2) is 37.1 Å². The highest BCUT2D eigenvalue weighted by molar-refractivity contribution is 5.78. The Balaban J connectivity index is 2.41. The molecule has 0 aliphatic rings. The maximum atomic E-state index is 11.2. The zero-order valence-electron chi connectivity index (χ0n) is 7.36. The van der Waals surface area contributed by atoms with Gasteiger partial charge in [-0.15, -0.1) is 6.58 Å². The van der Waals surface area contributed by atoms with Crippen LogP contribution in [0, 0.1) is 0 Å². The summed E-state index contributed by atoms with van der Waals surface area (Å²) in [7, 11) is 0. The summed E-state index contributed by atoms with van der Waals surface area (Å²) in [5.74, 6) is -0.0291. The van der Waals surface area contributed by atoms with Crippen molar-refractivity contribution in [1.29, 1.82) is 0 Å². The van der Waals surface area contributed by atoms with Crippen molar-refractivity contribution in [3.63, 3.8) is 0 Å². The molecule has 1 aromatic heterocycles. The largest absolute Gasteiger partial charge is 0.352 e. The third kappa shape index (κ3) is 3.51. The minimum Gasteiger partial charge on any atom is -0.352 e. The Morgan fingerprint density at radius 3 is 3.08 bits per heavy atom. The summed E-state index contributed by atoms with van der Waals surface area (Å²) in [5, 5.41) is 2.68. The summed E-state index contributed by atoms with van der Waals surface area (Å²) in [6.45, 7) is 4.01. The molecule has 3 heteroatoms. The molecule has 0 spiro atoms. The maximum Gasteiger partial charge on any atom is 0.226 e. The van der Waals surface area contributed by atoms with E-state index in [0.29, 0.717) is 13.0 Å². The number of carbonyl (C=O) groups excluding carboxylic acids is 1. The average Bonchev–Trinajstić information content (AvgIpc) is 2.16. The quantitative estimate of drug-likeness (QED) is 0.693. The standard InChI is InChI=1S/C10H12N2O/c1-2-6-12-10(13)8-9-5-3-4-7-11-9/h2-5,7H,1,6,8H2,(H,12,13). The van der Waals surface area contributed by atoms with E-state index in [1.54, 1.807) is 12.3 Å². The molecule has 1 heterocycles. The maximum absolute atomic E-state index is 11.2. The van der Waals surface area contributed by atoms with Gasteiger partial charge in [0.2, 0.25) is 5.91 Å². The van der Waals surface area contributed by atoms with Crippen molar-refractivity contribution in [2.45, 2.75) is 6.42 Å². The van der Waals surface area contributed by atoms with Crippen LogP contribution in [-0.2, 0) is 11.2 Å². The lowest BCUT2D eigenvalue weighted by atomic mass is 10.2. The van der Waals surface area contributed by atoms with E-state index in [4.69, 9.17) is 0 Å². The number of amides is 1. The van der Waals surface area contributed by atoms with Gasteiger partial charge < -0.3 is 5.32 Å². The van der Waals surface area contributed by atoms with Gasteiger partial charge in [0.15, 0.2) is 0 Å². The zero-order valence-corrected chi connectivity index (χ0v) is 7.36. The van der Waals surface area contributed by atoms with Crippen LogP contribution in [-0.4, -0.2) is 17.4 Å². The van der Waals surface area contributed by atoms with Crippen LogP contribution in [0.1, 0.15) is 5.69 Å². The topological polar surface area (TPSA) is 42.0 Å². The van der Waals surface area contributed by atoms with Crippen LogP contribution in [0.2, 0.25) is 0 Å². The fourth-order valence-corrected chi connectivity index (χ4v) is 0.916. The van der Waals surface area contributed by atoms with Crippen molar-refractivity contribution in [3.8, 4) is 0 Å². The lowest BCUT2D eigenvalue weighted by Crippen LogP contribution is -2.25. The molecule has 0 fully saturated rings. The number of pyridine rings is 1. The number of carbonyl (C=O) groups is 1. The number of aromatic nitrogens is 1. The van der Waals surface area contributed by atoms with Crippen molar-refractivity contribution in [3.05, 3.63) is 42.7 Å². The first-order valence-electron chi connectivity index (χ1n) is 4.10. The molecule has 1 N–H and O–H groups in total. The van der Waals surface area contributed by atoms with Crippen LogP contribution in [0.3, 0.4) is 0 Å². The molecule has 0 bridgehead atoms. The van der Waals surface area contributed by atoms with Gasteiger partial charge in [-0.2, -0.15) is 0 Å². The summed E-state index contributed by atoms with van der Waals surface area (Å²) in [5.41, 5.74) is 0.782. The van der Waals surface area contributed by atoms with Gasteiger partial charge in [-0.25, -0.2) is 0 Å². The van der Waals surface area contributed by atoms with E-state index >= 15 is 0 Å². The Morgan fingerprint density at radius 1 is 1.62 bits per heavy atom. The Kier molecular flexibility index (Phi) is 3.70. The molecule has 1 rings (SSSR count). The first-order chi connectivity index (χ1) is 6.33. The van der Waals surface area contributed by atoms with E-state index in [0.717, 1.165) is 5.69 Å². The summed E-state index contributed by atoms with van der Waals surface area (Å²) in [4.78, 5) is 15.2. The first kappa shape index (κ1) is 9.45. The Bertz CT molecular complexity index is 282. The lowest BCUT2D eigenvalue weighted by Gasteiger charge is -2.00. The predicted molar refractivity (Wildman–Crippen MR) is 51.1 cm³/mol. The number of hydrogen-bond acceptors (Lipinski definition) is 2. The van der Waals surface area contributed by atoms with Crippen molar-refractivity contribution < 1.29 is 4.79 Å². The third-order valence-corrected chi connectivity index (χ3v) is 1.51. The molecular weight excluding hydrogens is 164 g/mol. The fourth-order valence-electron chi connectivity index (χ4n) is 0.916. The van der Waals surface area contributed by atoms with Gasteiger partial charge in [0.25, 0.3) is 0 Å². The molecule has 0 saturated carbocycles. The molecule has 0 atom stereocenters. The molecule has 3 nitrogen and oxygen atoms in total. The molecule has 0 aromatic carbocycles. The highest BCUT2D eigenvalue weighted by Crippen LogP contribution is 1.93. The average molecular weight is 176 g/mol. The smallest absolute Gasteiger partial charge is 0.226 e. The second kappa shape index (κ2) is 5.09. The molecule has 0 aliphatic carbocycles. The van der Waals surface area contributed by atoms with Gasteiger partial charge in [0.1, 0.15) is 0 Å². The molecule has 13 heavy (non-hydrogen) atoms. The van der Waals surface area contributed by atoms with Gasteiger partial charge in [-0.3, -0.25) is 9.78 Å². The molecule has 0 aliphatic heterocycles. The SMILES string of the molecule is C=CCNC(=O)Cc1ccccn1. The molecule has 0 unspecified atom stereocenters. The molecular formula is C10H12N2O. The molecule has 0 radical (unpaired) electrons. The van der Waals surface area contributed by atoms with E-state index in [1.807, 2.05) is 18.2 Å². The fraction of sp³-hybridized carbons (Fsp3) is 0.200. The zero-order chi connectivity index (χ0) is 9.52. The van der Waals surface area contributed by atoms with Crippen LogP contribution in [0.4, 0.5) is 0 Å². The second-order valence-electron chi connectivity index (χ2n) is 2.59. The predicted octanol–water partition coefficient (Wildman–Crippen LogP) is 0.926. The third-order valence-electron chi connectivity index (χ3n) is 1.51. The van der Waals surface area contributed by atoms with Gasteiger partial charge >= 0.3 is 0 Å². The van der Waals surface area contributed by atoms with Crippen molar-refractivity contribution in [1.82, 2.24) is 10.3 Å². The van der Waals surface area contributed by atoms with Crippen LogP contribution < -0.4 is 5.32 Å². The van der Waals surface area contributed by atoms with Crippen LogP contribution in [0.25, 0.3) is 0 Å². The number of rotatable bonds is 4. The molecule has 68 valence electrons. The van der Waals surface area contributed by atoms with E-state index in [9.17, 15) is 4.79 Å². The van der Waals surface area contributed by atoms with Crippen molar-refractivity contribution in [2.24, 2.45) is 0 Å². The molecule has 0 saturated heterocycles. The first-order valence-corrected chi connectivity index (χ1v) is 4.10. The van der Waals surface area contributed by atoms with Crippen LogP contribution in [0.5, 0.6) is 0 Å². The highest BCUT2D eigenvalue weighted by Gasteiger charge is 2.01. The summed E-state index contributed by atoms with van der Waals surface area (Å²) in [6.07, 6.45) is 3.65. The molecule has 1 amide bonds. The van der Waals surface area contributed by atoms with Gasteiger partial charge in [0.05, 0.1) is 6.42 Å². The van der Waals surface area contributed by atoms with Crippen molar-refractivity contribution >= 4 is 5.91 Å². The highest BCUT2D eigenvalue weighted by atomic mass is 16.1. The number of nitrogens with one attached hydrogen (secondary N) is 1. The monoisotopic (exact) mass is 176 g/mol. The normalized spacial score (nSPS) is 9.23. The van der Waals surface area contributed by atoms with E-state index in [-0.39, 0.29) is 5.91 Å². The minimum absolute atomic E-state index is 0.0291. The number of nitrogens with zero attached hydrogens (tertiary/aromatic N) is 1. The van der Waals surface area contributed by atoms with Crippen molar-refractivity contribution in [2.75, 3.05) is 6.54 Å². The second-order valence-corrected chi connectivity index (χ2v) is 2.59. The lowest BCUT2D eigenvalue weighted by molar-refractivity contribution is -0.120. The van der Waals surface area contributed by atoms with E-state index < -0.39 is 0 Å². The minimum atomic E-state index is -0.0291. The van der Waals surface area contributed by atoms with Gasteiger partial charge in [-0.1, -0.05) is 12.1 Å².